The molecule has 1 aliphatic heterocycles. The molecule has 2 aromatic heterocycles. The lowest BCUT2D eigenvalue weighted by Crippen LogP contribution is -2.26. The highest BCUT2D eigenvalue weighted by Gasteiger charge is 2.26. The predicted octanol–water partition coefficient (Wildman–Crippen LogP) is 4.01. The van der Waals surface area contributed by atoms with Gasteiger partial charge < -0.3 is 14.4 Å². The molecule has 144 valence electrons. The van der Waals surface area contributed by atoms with Gasteiger partial charge in [0.1, 0.15) is 23.5 Å². The molecule has 0 aliphatic carbocycles. The van der Waals surface area contributed by atoms with Gasteiger partial charge in [0, 0.05) is 23.3 Å². The molecule has 0 fully saturated rings. The van der Waals surface area contributed by atoms with Crippen molar-refractivity contribution in [3.63, 3.8) is 0 Å². The fraction of sp³-hybridized carbons (Fsp3) is 0.136. The van der Waals surface area contributed by atoms with E-state index >= 15 is 0 Å². The van der Waals surface area contributed by atoms with Gasteiger partial charge in [-0.3, -0.25) is 9.78 Å². The summed E-state index contributed by atoms with van der Waals surface area (Å²) in [5.41, 5.74) is 1.17. The van der Waals surface area contributed by atoms with E-state index in [0.717, 1.165) is 0 Å². The van der Waals surface area contributed by atoms with Crippen molar-refractivity contribution in [1.82, 2.24) is 9.55 Å². The number of aromatic carboxylic acids is 1. The van der Waals surface area contributed by atoms with Crippen LogP contribution in [0.15, 0.2) is 53.6 Å². The third-order valence-electron chi connectivity index (χ3n) is 5.29. The summed E-state index contributed by atoms with van der Waals surface area (Å²) >= 11 is 0. The smallest absolute Gasteiger partial charge is 0.341 e. The number of ether oxygens (including phenoxy) is 1. The van der Waals surface area contributed by atoms with E-state index in [4.69, 9.17) is 4.74 Å². The van der Waals surface area contributed by atoms with Gasteiger partial charge in [-0.05, 0) is 42.8 Å². The van der Waals surface area contributed by atoms with Crippen LogP contribution >= 0.6 is 0 Å². The number of carboxylic acids is 1. The zero-order valence-electron chi connectivity index (χ0n) is 15.3. The molecule has 7 heteroatoms. The Morgan fingerprint density at radius 3 is 2.93 bits per heavy atom. The summed E-state index contributed by atoms with van der Waals surface area (Å²) in [6, 6.07) is 9.81. The van der Waals surface area contributed by atoms with E-state index in [1.54, 1.807) is 28.8 Å². The van der Waals surface area contributed by atoms with Gasteiger partial charge in [0.2, 0.25) is 5.43 Å². The molecule has 1 atom stereocenters. The summed E-state index contributed by atoms with van der Waals surface area (Å²) in [5.74, 6) is -1.28. The Balaban J connectivity index is 1.85. The average molecular weight is 390 g/mol. The zero-order valence-corrected chi connectivity index (χ0v) is 15.3. The highest BCUT2D eigenvalue weighted by molar-refractivity contribution is 5.98. The Morgan fingerprint density at radius 1 is 1.31 bits per heavy atom. The van der Waals surface area contributed by atoms with Crippen LogP contribution in [0.4, 0.5) is 4.39 Å². The van der Waals surface area contributed by atoms with E-state index in [1.165, 1.54) is 18.5 Å². The van der Waals surface area contributed by atoms with Crippen molar-refractivity contribution in [2.75, 3.05) is 6.61 Å². The van der Waals surface area contributed by atoms with Crippen molar-refractivity contribution in [1.29, 1.82) is 0 Å². The fourth-order valence-corrected chi connectivity index (χ4v) is 3.88. The Bertz CT molecular complexity index is 1390. The van der Waals surface area contributed by atoms with Gasteiger partial charge in [0.25, 0.3) is 0 Å². The van der Waals surface area contributed by atoms with Crippen LogP contribution in [-0.4, -0.2) is 27.2 Å². The minimum absolute atomic E-state index is 0.156. The number of benzene rings is 2. The predicted molar refractivity (Wildman–Crippen MR) is 106 cm³/mol. The summed E-state index contributed by atoms with van der Waals surface area (Å²) in [6.45, 7) is 2.19. The molecule has 0 radical (unpaired) electrons. The first-order chi connectivity index (χ1) is 14.0. The van der Waals surface area contributed by atoms with E-state index in [1.807, 2.05) is 13.0 Å². The second kappa shape index (κ2) is 6.13. The Hall–Kier alpha value is -3.74. The van der Waals surface area contributed by atoms with Gasteiger partial charge in [0.05, 0.1) is 16.9 Å². The summed E-state index contributed by atoms with van der Waals surface area (Å²) in [6.07, 6.45) is 2.90. The van der Waals surface area contributed by atoms with Crippen molar-refractivity contribution >= 4 is 27.8 Å². The van der Waals surface area contributed by atoms with Crippen molar-refractivity contribution < 1.29 is 19.0 Å². The molecule has 0 saturated heterocycles. The second-order valence-corrected chi connectivity index (χ2v) is 7.12. The first kappa shape index (κ1) is 17.4. The normalized spacial score (nSPS) is 15.4. The zero-order chi connectivity index (χ0) is 20.3. The molecule has 1 unspecified atom stereocenters. The molecule has 3 heterocycles. The van der Waals surface area contributed by atoms with Crippen molar-refractivity contribution in [3.8, 4) is 16.9 Å². The minimum Gasteiger partial charge on any atom is -0.489 e. The van der Waals surface area contributed by atoms with Crippen LogP contribution in [0.2, 0.25) is 0 Å². The second-order valence-electron chi connectivity index (χ2n) is 7.12. The van der Waals surface area contributed by atoms with E-state index in [2.05, 4.69) is 4.98 Å². The van der Waals surface area contributed by atoms with Gasteiger partial charge in [-0.1, -0.05) is 6.07 Å². The Kier molecular flexibility index (Phi) is 3.67. The third-order valence-corrected chi connectivity index (χ3v) is 5.29. The maximum atomic E-state index is 14.6. The molecule has 0 bridgehead atoms. The number of pyridine rings is 2. The van der Waals surface area contributed by atoms with Crippen LogP contribution in [0.3, 0.4) is 0 Å². The number of hydrogen-bond acceptors (Lipinski definition) is 4. The largest absolute Gasteiger partial charge is 0.489 e. The molecule has 2 aromatic carbocycles. The maximum Gasteiger partial charge on any atom is 0.341 e. The SMILES string of the molecule is CC1COc2c(-c3cc(F)c4ncccc4c3)ccc3c(=O)c(C(=O)O)cn1c23. The summed E-state index contributed by atoms with van der Waals surface area (Å²) < 4.78 is 22.3. The third kappa shape index (κ3) is 2.51. The molecule has 6 nitrogen and oxygen atoms in total. The molecule has 0 saturated carbocycles. The lowest BCUT2D eigenvalue weighted by molar-refractivity contribution is 0.0694. The van der Waals surface area contributed by atoms with E-state index in [9.17, 15) is 19.1 Å². The molecule has 0 amide bonds. The van der Waals surface area contributed by atoms with E-state index in [0.29, 0.717) is 34.4 Å². The summed E-state index contributed by atoms with van der Waals surface area (Å²) in [7, 11) is 0. The quantitative estimate of drug-likeness (QED) is 0.559. The topological polar surface area (TPSA) is 81.4 Å². The Morgan fingerprint density at radius 2 is 2.14 bits per heavy atom. The van der Waals surface area contributed by atoms with Crippen LogP contribution in [0.25, 0.3) is 32.9 Å². The molecule has 4 aromatic rings. The maximum absolute atomic E-state index is 14.6. The lowest BCUT2D eigenvalue weighted by atomic mass is 9.98. The van der Waals surface area contributed by atoms with Gasteiger partial charge in [-0.25, -0.2) is 9.18 Å². The Labute approximate surface area is 163 Å². The standard InChI is InChI=1S/C22H15FN2O4/c1-11-10-29-21-14(13-7-12-3-2-6-24-18(12)17(23)8-13)4-5-15-19(21)25(11)9-16(20(15)26)22(27)28/h2-9,11H,10H2,1H3,(H,27,28). The monoisotopic (exact) mass is 390 g/mol. The average Bonchev–Trinajstić information content (AvgIpc) is 2.71. The minimum atomic E-state index is -1.27. The summed E-state index contributed by atoms with van der Waals surface area (Å²) in [4.78, 5) is 28.3. The van der Waals surface area contributed by atoms with Gasteiger partial charge in [0.15, 0.2) is 5.75 Å². The van der Waals surface area contributed by atoms with Crippen LogP contribution in [-0.2, 0) is 0 Å². The number of carboxylic acid groups (broad SMARTS) is 1. The van der Waals surface area contributed by atoms with Crippen molar-refractivity contribution in [2.24, 2.45) is 0 Å². The number of rotatable bonds is 2. The number of fused-ring (bicyclic) bond motifs is 1. The van der Waals surface area contributed by atoms with Crippen molar-refractivity contribution in [3.05, 3.63) is 70.4 Å². The summed E-state index contributed by atoms with van der Waals surface area (Å²) in [5, 5.41) is 10.3. The highest BCUT2D eigenvalue weighted by Crippen LogP contribution is 2.41. The molecule has 1 N–H and O–H groups in total. The molecule has 29 heavy (non-hydrogen) atoms. The van der Waals surface area contributed by atoms with Crippen LogP contribution < -0.4 is 10.2 Å². The van der Waals surface area contributed by atoms with Gasteiger partial charge in [-0.2, -0.15) is 0 Å². The van der Waals surface area contributed by atoms with Gasteiger partial charge in [-0.15, -0.1) is 0 Å². The lowest BCUT2D eigenvalue weighted by Gasteiger charge is -2.28. The van der Waals surface area contributed by atoms with Crippen molar-refractivity contribution in [2.45, 2.75) is 13.0 Å². The first-order valence-electron chi connectivity index (χ1n) is 9.08. The fourth-order valence-electron chi connectivity index (χ4n) is 3.88. The molecular weight excluding hydrogens is 375 g/mol. The highest BCUT2D eigenvalue weighted by atomic mass is 19.1. The number of halogens is 1. The van der Waals surface area contributed by atoms with E-state index < -0.39 is 17.2 Å². The number of nitrogens with zero attached hydrogens (tertiary/aromatic N) is 2. The number of aromatic nitrogens is 2. The molecule has 0 spiro atoms. The number of hydrogen-bond donors (Lipinski definition) is 1. The molecular formula is C22H15FN2O4. The van der Waals surface area contributed by atoms with Crippen LogP contribution in [0.5, 0.6) is 5.75 Å². The first-order valence-corrected chi connectivity index (χ1v) is 9.08. The molecule has 1 aliphatic rings. The molecule has 5 rings (SSSR count). The van der Waals surface area contributed by atoms with E-state index in [-0.39, 0.29) is 22.5 Å². The van der Waals surface area contributed by atoms with Crippen LogP contribution in [0, 0.1) is 5.82 Å². The number of carbonyl (C=O) groups is 1. The van der Waals surface area contributed by atoms with Crippen LogP contribution in [0.1, 0.15) is 23.3 Å². The van der Waals surface area contributed by atoms with Gasteiger partial charge >= 0.3 is 5.97 Å².